The van der Waals surface area contributed by atoms with Crippen molar-refractivity contribution in [3.05, 3.63) is 0 Å². The van der Waals surface area contributed by atoms with Crippen molar-refractivity contribution >= 4 is 0 Å². The highest BCUT2D eigenvalue weighted by Gasteiger charge is 2.62. The largest absolute Gasteiger partial charge is 0.377 e. The molecule has 4 nitrogen and oxygen atoms in total. The molecule has 0 aromatic rings. The Balaban J connectivity index is 1.29. The van der Waals surface area contributed by atoms with Crippen molar-refractivity contribution < 1.29 is 18.9 Å². The van der Waals surface area contributed by atoms with E-state index in [1.54, 1.807) is 0 Å². The van der Waals surface area contributed by atoms with Gasteiger partial charge in [-0.3, -0.25) is 0 Å². The Morgan fingerprint density at radius 2 is 1.83 bits per heavy atom. The lowest BCUT2D eigenvalue weighted by Crippen LogP contribution is -2.38. The van der Waals surface area contributed by atoms with Crippen LogP contribution in [0.4, 0.5) is 0 Å². The van der Waals surface area contributed by atoms with Crippen molar-refractivity contribution in [3.63, 3.8) is 0 Å². The summed E-state index contributed by atoms with van der Waals surface area (Å²) in [6.07, 6.45) is 8.40. The highest BCUT2D eigenvalue weighted by atomic mass is 16.6. The van der Waals surface area contributed by atoms with Crippen LogP contribution in [-0.4, -0.2) is 50.3 Å². The van der Waals surface area contributed by atoms with Gasteiger partial charge in [0.25, 0.3) is 0 Å². The third kappa shape index (κ3) is 4.71. The molecule has 29 heavy (non-hydrogen) atoms. The molecule has 0 aromatic heterocycles. The zero-order chi connectivity index (χ0) is 20.9. The highest BCUT2D eigenvalue weighted by molar-refractivity contribution is 5.10. The fourth-order valence-corrected chi connectivity index (χ4v) is 6.40. The third-order valence-corrected chi connectivity index (χ3v) is 8.53. The first-order valence-corrected chi connectivity index (χ1v) is 12.1. The van der Waals surface area contributed by atoms with E-state index < -0.39 is 0 Å². The summed E-state index contributed by atoms with van der Waals surface area (Å²) in [6, 6.07) is 0. The summed E-state index contributed by atoms with van der Waals surface area (Å²) in [5.74, 6) is 1.91. The fourth-order valence-electron chi connectivity index (χ4n) is 6.40. The van der Waals surface area contributed by atoms with E-state index >= 15 is 0 Å². The summed E-state index contributed by atoms with van der Waals surface area (Å²) in [4.78, 5) is 0. The standard InChI is InChI=1S/C25H44O4/c1-17(2)20-7-8-24(6,29-20)12-19-13-25(19)14-22(28-16-25)23(4,5)11-18(3)21-15-26-9-10-27-21/h17-22H,7-16H2,1-6H3. The first-order chi connectivity index (χ1) is 13.6. The molecule has 7 unspecified atom stereocenters. The third-order valence-electron chi connectivity index (χ3n) is 8.53. The zero-order valence-corrected chi connectivity index (χ0v) is 19.7. The summed E-state index contributed by atoms with van der Waals surface area (Å²) in [5, 5.41) is 0. The molecule has 0 radical (unpaired) electrons. The Labute approximate surface area is 178 Å². The lowest BCUT2D eigenvalue weighted by molar-refractivity contribution is -0.117. The second-order valence-electron chi connectivity index (χ2n) is 12.0. The monoisotopic (exact) mass is 408 g/mol. The number of hydrogen-bond acceptors (Lipinski definition) is 4. The van der Waals surface area contributed by atoms with Gasteiger partial charge < -0.3 is 18.9 Å². The van der Waals surface area contributed by atoms with Gasteiger partial charge in [-0.2, -0.15) is 0 Å². The van der Waals surface area contributed by atoms with Crippen molar-refractivity contribution in [2.24, 2.45) is 28.6 Å². The average Bonchev–Trinajstić information content (AvgIpc) is 2.98. The van der Waals surface area contributed by atoms with E-state index in [0.29, 0.717) is 29.5 Å². The van der Waals surface area contributed by atoms with Gasteiger partial charge in [0.1, 0.15) is 0 Å². The lowest BCUT2D eigenvalue weighted by Gasteiger charge is -2.37. The highest BCUT2D eigenvalue weighted by Crippen LogP contribution is 2.64. The van der Waals surface area contributed by atoms with Crippen LogP contribution in [0.25, 0.3) is 0 Å². The quantitative estimate of drug-likeness (QED) is 0.578. The molecule has 168 valence electrons. The Bertz CT molecular complexity index is 569. The van der Waals surface area contributed by atoms with Crippen LogP contribution in [0.2, 0.25) is 0 Å². The molecule has 3 aliphatic heterocycles. The summed E-state index contributed by atoms with van der Waals surface area (Å²) in [5.41, 5.74) is 0.689. The van der Waals surface area contributed by atoms with Crippen LogP contribution in [0.15, 0.2) is 0 Å². The van der Waals surface area contributed by atoms with Gasteiger partial charge in [-0.05, 0) is 74.0 Å². The number of rotatable bonds is 7. The predicted octanol–water partition coefficient (Wildman–Crippen LogP) is 5.23. The molecule has 4 heteroatoms. The van der Waals surface area contributed by atoms with Crippen LogP contribution >= 0.6 is 0 Å². The predicted molar refractivity (Wildman–Crippen MR) is 115 cm³/mol. The molecular formula is C25H44O4. The van der Waals surface area contributed by atoms with Gasteiger partial charge in [-0.1, -0.05) is 34.6 Å². The summed E-state index contributed by atoms with van der Waals surface area (Å²) < 4.78 is 24.5. The van der Waals surface area contributed by atoms with E-state index in [-0.39, 0.29) is 17.1 Å². The molecule has 0 amide bonds. The molecule has 0 N–H and O–H groups in total. The average molecular weight is 409 g/mol. The Kier molecular flexibility index (Phi) is 6.14. The Hall–Kier alpha value is -0.160. The molecule has 0 aromatic carbocycles. The molecule has 3 saturated heterocycles. The van der Waals surface area contributed by atoms with E-state index in [9.17, 15) is 0 Å². The van der Waals surface area contributed by atoms with Crippen molar-refractivity contribution in [3.8, 4) is 0 Å². The van der Waals surface area contributed by atoms with E-state index in [2.05, 4.69) is 41.5 Å². The summed E-state index contributed by atoms with van der Waals surface area (Å²) in [7, 11) is 0. The van der Waals surface area contributed by atoms with Crippen molar-refractivity contribution in [2.75, 3.05) is 26.4 Å². The van der Waals surface area contributed by atoms with E-state index in [4.69, 9.17) is 18.9 Å². The first kappa shape index (κ1) is 22.0. The minimum atomic E-state index is 0.0868. The summed E-state index contributed by atoms with van der Waals surface area (Å²) in [6.45, 7) is 17.2. The molecule has 7 atom stereocenters. The first-order valence-electron chi connectivity index (χ1n) is 12.1. The SMILES string of the molecule is CC(C)C1CCC(C)(CC2CC23COC(C(C)(C)CC(C)C2COCCO2)C3)O1. The topological polar surface area (TPSA) is 36.9 Å². The maximum absolute atomic E-state index is 6.51. The Morgan fingerprint density at radius 3 is 2.48 bits per heavy atom. The molecular weight excluding hydrogens is 364 g/mol. The van der Waals surface area contributed by atoms with Gasteiger partial charge in [0.15, 0.2) is 0 Å². The molecule has 1 spiro atoms. The maximum atomic E-state index is 6.51. The van der Waals surface area contributed by atoms with Crippen LogP contribution in [0, 0.1) is 28.6 Å². The van der Waals surface area contributed by atoms with Gasteiger partial charge in [0, 0.05) is 0 Å². The number of hydrogen-bond donors (Lipinski definition) is 0. The summed E-state index contributed by atoms with van der Waals surface area (Å²) >= 11 is 0. The minimum Gasteiger partial charge on any atom is -0.377 e. The molecule has 1 aliphatic carbocycles. The maximum Gasteiger partial charge on any atom is 0.0835 e. The van der Waals surface area contributed by atoms with Gasteiger partial charge in [-0.15, -0.1) is 0 Å². The van der Waals surface area contributed by atoms with Gasteiger partial charge in [0.2, 0.25) is 0 Å². The zero-order valence-electron chi connectivity index (χ0n) is 19.7. The second kappa shape index (κ2) is 8.07. The molecule has 3 heterocycles. The van der Waals surface area contributed by atoms with Crippen LogP contribution in [0.5, 0.6) is 0 Å². The van der Waals surface area contributed by atoms with Gasteiger partial charge >= 0.3 is 0 Å². The van der Waals surface area contributed by atoms with Crippen LogP contribution in [-0.2, 0) is 18.9 Å². The van der Waals surface area contributed by atoms with Crippen molar-refractivity contribution in [1.82, 2.24) is 0 Å². The smallest absolute Gasteiger partial charge is 0.0835 e. The normalized spacial score (nSPS) is 44.0. The van der Waals surface area contributed by atoms with Crippen LogP contribution in [0.1, 0.15) is 80.1 Å². The Morgan fingerprint density at radius 1 is 1.03 bits per heavy atom. The van der Waals surface area contributed by atoms with Gasteiger partial charge in [0.05, 0.1) is 50.3 Å². The van der Waals surface area contributed by atoms with E-state index in [0.717, 1.165) is 38.8 Å². The molecule has 1 saturated carbocycles. The molecule has 4 rings (SSSR count). The van der Waals surface area contributed by atoms with E-state index in [1.807, 2.05) is 0 Å². The van der Waals surface area contributed by atoms with Crippen molar-refractivity contribution in [1.29, 1.82) is 0 Å². The minimum absolute atomic E-state index is 0.0868. The van der Waals surface area contributed by atoms with Crippen LogP contribution in [0.3, 0.4) is 0 Å². The molecule has 4 fully saturated rings. The number of ether oxygens (including phenoxy) is 4. The van der Waals surface area contributed by atoms with Crippen LogP contribution < -0.4 is 0 Å². The van der Waals surface area contributed by atoms with Gasteiger partial charge in [-0.25, -0.2) is 0 Å². The molecule has 0 bridgehead atoms. The van der Waals surface area contributed by atoms with E-state index in [1.165, 1.54) is 32.1 Å². The fraction of sp³-hybridized carbons (Fsp3) is 1.00. The lowest BCUT2D eigenvalue weighted by atomic mass is 9.74. The second-order valence-corrected chi connectivity index (χ2v) is 12.0. The molecule has 4 aliphatic rings. The van der Waals surface area contributed by atoms with Crippen molar-refractivity contribution in [2.45, 2.75) is 104 Å².